The van der Waals surface area contributed by atoms with E-state index in [0.717, 1.165) is 22.9 Å². The first-order valence-corrected chi connectivity index (χ1v) is 13.2. The number of aliphatic hydroxyl groups is 1. The number of benzene rings is 2. The van der Waals surface area contributed by atoms with Crippen molar-refractivity contribution in [2.45, 2.75) is 26.2 Å². The molecule has 13 heteroatoms. The van der Waals surface area contributed by atoms with Gasteiger partial charge in [0.05, 0.1) is 17.1 Å². The van der Waals surface area contributed by atoms with Crippen molar-refractivity contribution in [3.05, 3.63) is 89.6 Å². The van der Waals surface area contributed by atoms with Gasteiger partial charge in [-0.15, -0.1) is 0 Å². The molecule has 4 aromatic rings. The molecule has 3 unspecified atom stereocenters. The quantitative estimate of drug-likeness (QED) is 0.261. The van der Waals surface area contributed by atoms with E-state index in [-0.39, 0.29) is 47.7 Å². The zero-order valence-electron chi connectivity index (χ0n) is 22.4. The summed E-state index contributed by atoms with van der Waals surface area (Å²) >= 11 is 0. The summed E-state index contributed by atoms with van der Waals surface area (Å²) in [6, 6.07) is 8.23. The third kappa shape index (κ3) is 4.53. The second-order valence-corrected chi connectivity index (χ2v) is 10.6. The van der Waals surface area contributed by atoms with Crippen LogP contribution in [0.25, 0.3) is 16.9 Å². The highest BCUT2D eigenvalue weighted by atomic mass is 19.2. The summed E-state index contributed by atoms with van der Waals surface area (Å²) in [6.45, 7) is 4.06. The zero-order valence-corrected chi connectivity index (χ0v) is 22.4. The Kier molecular flexibility index (Phi) is 6.84. The van der Waals surface area contributed by atoms with Crippen molar-refractivity contribution < 1.29 is 31.9 Å². The maximum Gasteiger partial charge on any atom is 0.274 e. The number of nitrogens with one attached hydrogen (secondary N) is 1. The summed E-state index contributed by atoms with van der Waals surface area (Å²) in [7, 11) is 0. The van der Waals surface area contributed by atoms with E-state index in [1.54, 1.807) is 17.0 Å². The van der Waals surface area contributed by atoms with Crippen LogP contribution in [-0.2, 0) is 0 Å². The molecule has 2 aromatic heterocycles. The van der Waals surface area contributed by atoms with Gasteiger partial charge in [0.2, 0.25) is 6.35 Å². The second-order valence-electron chi connectivity index (χ2n) is 10.6. The lowest BCUT2D eigenvalue weighted by molar-refractivity contribution is 0.0526. The van der Waals surface area contributed by atoms with Crippen LogP contribution < -0.4 is 10.2 Å². The Morgan fingerprint density at radius 3 is 2.29 bits per heavy atom. The number of carbonyl (C=O) groups is 1. The Labute approximate surface area is 237 Å². The molecular formula is C29H25F5N6O2. The Balaban J connectivity index is 1.32. The predicted octanol–water partition coefficient (Wildman–Crippen LogP) is 4.93. The molecule has 218 valence electrons. The molecule has 1 fully saturated rings. The lowest BCUT2D eigenvalue weighted by atomic mass is 9.84. The molecule has 8 nitrogen and oxygen atoms in total. The van der Waals surface area contributed by atoms with Gasteiger partial charge in [0, 0.05) is 49.2 Å². The summed E-state index contributed by atoms with van der Waals surface area (Å²) in [4.78, 5) is 20.8. The molecule has 0 bridgehead atoms. The summed E-state index contributed by atoms with van der Waals surface area (Å²) in [5.41, 5.74) is 0.837. The van der Waals surface area contributed by atoms with Crippen molar-refractivity contribution in [1.29, 1.82) is 0 Å². The molecule has 2 N–H and O–H groups in total. The SMILES string of the molecule is CC1CN(C(=O)c2cc(-c3cccnc3)n(-c3cc(F)c(F)c(F)c3)n2)CC(C)C1N1c2c(ccc(F)c2F)NC1O. The molecule has 2 aliphatic heterocycles. The highest BCUT2D eigenvalue weighted by Crippen LogP contribution is 2.43. The van der Waals surface area contributed by atoms with Crippen LogP contribution in [0.1, 0.15) is 24.3 Å². The number of rotatable bonds is 4. The van der Waals surface area contributed by atoms with Gasteiger partial charge in [-0.05, 0) is 42.2 Å². The van der Waals surface area contributed by atoms with Crippen LogP contribution in [0.15, 0.2) is 54.9 Å². The van der Waals surface area contributed by atoms with Crippen molar-refractivity contribution in [3.63, 3.8) is 0 Å². The maximum atomic E-state index is 14.8. The molecule has 0 radical (unpaired) electrons. The van der Waals surface area contributed by atoms with Gasteiger partial charge in [0.15, 0.2) is 34.8 Å². The number of hydrogen-bond acceptors (Lipinski definition) is 6. The number of halogens is 5. The van der Waals surface area contributed by atoms with Crippen molar-refractivity contribution >= 4 is 17.3 Å². The normalized spacial score (nSPS) is 21.8. The third-order valence-corrected chi connectivity index (χ3v) is 7.77. The number of anilines is 2. The van der Waals surface area contributed by atoms with Crippen LogP contribution >= 0.6 is 0 Å². The van der Waals surface area contributed by atoms with Crippen molar-refractivity contribution in [1.82, 2.24) is 19.7 Å². The molecule has 2 aromatic carbocycles. The fourth-order valence-electron chi connectivity index (χ4n) is 6.04. The van der Waals surface area contributed by atoms with Gasteiger partial charge in [0.1, 0.15) is 5.69 Å². The minimum absolute atomic E-state index is 0.0295. The van der Waals surface area contributed by atoms with E-state index in [4.69, 9.17) is 0 Å². The third-order valence-electron chi connectivity index (χ3n) is 7.77. The number of hydrogen-bond donors (Lipinski definition) is 2. The van der Waals surface area contributed by atoms with Gasteiger partial charge < -0.3 is 20.2 Å². The smallest absolute Gasteiger partial charge is 0.274 e. The number of nitrogens with zero attached hydrogens (tertiary/aromatic N) is 5. The largest absolute Gasteiger partial charge is 0.356 e. The molecule has 4 heterocycles. The number of fused-ring (bicyclic) bond motifs is 1. The molecule has 2 aliphatic rings. The van der Waals surface area contributed by atoms with E-state index in [2.05, 4.69) is 15.4 Å². The first kappa shape index (κ1) is 27.6. The second kappa shape index (κ2) is 10.4. The average molecular weight is 585 g/mol. The molecular weight excluding hydrogens is 559 g/mol. The van der Waals surface area contributed by atoms with Gasteiger partial charge in [-0.2, -0.15) is 5.10 Å². The minimum atomic E-state index is -1.63. The zero-order chi connectivity index (χ0) is 29.9. The fourth-order valence-corrected chi connectivity index (χ4v) is 6.04. The fraction of sp³-hybridized carbons (Fsp3) is 0.276. The molecule has 1 saturated heterocycles. The summed E-state index contributed by atoms with van der Waals surface area (Å²) < 4.78 is 72.0. The van der Waals surface area contributed by atoms with E-state index < -0.39 is 47.4 Å². The molecule has 0 spiro atoms. The summed E-state index contributed by atoms with van der Waals surface area (Å²) in [5, 5.41) is 17.8. The van der Waals surface area contributed by atoms with Crippen LogP contribution in [-0.4, -0.2) is 56.2 Å². The van der Waals surface area contributed by atoms with Crippen molar-refractivity contribution in [3.8, 4) is 16.9 Å². The first-order valence-electron chi connectivity index (χ1n) is 13.2. The highest BCUT2D eigenvalue weighted by molar-refractivity contribution is 5.94. The Hall–Kier alpha value is -4.52. The van der Waals surface area contributed by atoms with Crippen LogP contribution in [0, 0.1) is 40.9 Å². The number of likely N-dealkylation sites (tertiary alicyclic amines) is 1. The van der Waals surface area contributed by atoms with E-state index in [1.807, 2.05) is 13.8 Å². The number of amides is 1. The number of piperidine rings is 1. The van der Waals surface area contributed by atoms with E-state index in [1.165, 1.54) is 29.4 Å². The molecule has 6 rings (SSSR count). The highest BCUT2D eigenvalue weighted by Gasteiger charge is 2.44. The average Bonchev–Trinajstić information content (AvgIpc) is 3.55. The summed E-state index contributed by atoms with van der Waals surface area (Å²) in [5.74, 6) is -7.64. The van der Waals surface area contributed by atoms with E-state index in [9.17, 15) is 31.9 Å². The number of carbonyl (C=O) groups excluding carboxylic acids is 1. The van der Waals surface area contributed by atoms with E-state index in [0.29, 0.717) is 11.3 Å². The monoisotopic (exact) mass is 584 g/mol. The lowest BCUT2D eigenvalue weighted by Gasteiger charge is -2.46. The maximum absolute atomic E-state index is 14.8. The number of aliphatic hydroxyl groups excluding tert-OH is 1. The number of aromatic nitrogens is 3. The van der Waals surface area contributed by atoms with E-state index >= 15 is 0 Å². The van der Waals surface area contributed by atoms with Gasteiger partial charge in [-0.25, -0.2) is 26.6 Å². The van der Waals surface area contributed by atoms with Gasteiger partial charge in [0.25, 0.3) is 5.91 Å². The minimum Gasteiger partial charge on any atom is -0.356 e. The van der Waals surface area contributed by atoms with Gasteiger partial charge in [-0.1, -0.05) is 13.8 Å². The Morgan fingerprint density at radius 1 is 0.952 bits per heavy atom. The van der Waals surface area contributed by atoms with Crippen LogP contribution in [0.2, 0.25) is 0 Å². The van der Waals surface area contributed by atoms with Crippen LogP contribution in [0.5, 0.6) is 0 Å². The Bertz CT molecular complexity index is 1650. The molecule has 0 saturated carbocycles. The van der Waals surface area contributed by atoms with Gasteiger partial charge in [-0.3, -0.25) is 9.78 Å². The van der Waals surface area contributed by atoms with Crippen molar-refractivity contribution in [2.24, 2.45) is 11.8 Å². The van der Waals surface area contributed by atoms with Crippen LogP contribution in [0.4, 0.5) is 33.3 Å². The standard InChI is InChI=1S/C29H25F5N6O2/c1-14-12-38(13-15(2)26(14)39-27-21(36-29(39)42)6-5-18(30)25(27)34)28(41)22-10-23(16-4-3-7-35-11-16)40(37-22)17-8-19(31)24(33)20(32)9-17/h3-11,14-15,26,29,36,42H,12-13H2,1-2H3. The summed E-state index contributed by atoms with van der Waals surface area (Å²) in [6.07, 6.45) is 1.73. The predicted molar refractivity (Wildman–Crippen MR) is 143 cm³/mol. The first-order chi connectivity index (χ1) is 20.0. The molecule has 1 amide bonds. The van der Waals surface area contributed by atoms with Crippen LogP contribution in [0.3, 0.4) is 0 Å². The molecule has 3 atom stereocenters. The van der Waals surface area contributed by atoms with Crippen molar-refractivity contribution in [2.75, 3.05) is 23.3 Å². The molecule has 42 heavy (non-hydrogen) atoms. The topological polar surface area (TPSA) is 86.5 Å². The van der Waals surface area contributed by atoms with Gasteiger partial charge >= 0.3 is 0 Å². The molecule has 0 aliphatic carbocycles. The number of pyridine rings is 1. The Morgan fingerprint density at radius 2 is 1.64 bits per heavy atom. The lowest BCUT2D eigenvalue weighted by Crippen LogP contribution is -2.58.